The quantitative estimate of drug-likeness (QED) is 0.829. The van der Waals surface area contributed by atoms with E-state index in [0.29, 0.717) is 17.3 Å². The maximum Gasteiger partial charge on any atom is 0.313 e. The van der Waals surface area contributed by atoms with Crippen molar-refractivity contribution in [1.29, 1.82) is 0 Å². The highest BCUT2D eigenvalue weighted by Gasteiger charge is 2.35. The van der Waals surface area contributed by atoms with Crippen molar-refractivity contribution in [3.8, 4) is 0 Å². The molecule has 0 saturated carbocycles. The van der Waals surface area contributed by atoms with Crippen LogP contribution in [0.1, 0.15) is 6.42 Å². The van der Waals surface area contributed by atoms with Crippen molar-refractivity contribution in [1.82, 2.24) is 5.32 Å². The van der Waals surface area contributed by atoms with Gasteiger partial charge in [-0.2, -0.15) is 11.8 Å². The van der Waals surface area contributed by atoms with E-state index in [-0.39, 0.29) is 5.60 Å². The number of para-hydroxylation sites is 1. The Morgan fingerprint density at radius 2 is 2.14 bits per heavy atom. The standard InChI is InChI=1S/C14H17ClN2O3S/c1-20-14(6-7-21-9-14)8-16-12(18)13(19)17-11-5-3-2-4-10(11)15/h2-5H,6-9H2,1H3,(H,16,18)(H,17,19)/t14-/m0/s1. The molecule has 1 fully saturated rings. The number of rotatable bonds is 4. The maximum atomic E-state index is 11.8. The average Bonchev–Trinajstić information content (AvgIpc) is 2.96. The molecular weight excluding hydrogens is 312 g/mol. The number of ether oxygens (including phenoxy) is 1. The molecular formula is C14H17ClN2O3S. The Labute approximate surface area is 132 Å². The molecule has 1 aromatic carbocycles. The van der Waals surface area contributed by atoms with E-state index in [1.807, 2.05) is 0 Å². The Kier molecular flexibility index (Phi) is 5.50. The number of carbonyl (C=O) groups is 2. The van der Waals surface area contributed by atoms with E-state index in [2.05, 4.69) is 10.6 Å². The third-order valence-corrected chi connectivity index (χ3v) is 4.95. The lowest BCUT2D eigenvalue weighted by Gasteiger charge is -2.26. The van der Waals surface area contributed by atoms with E-state index < -0.39 is 11.8 Å². The van der Waals surface area contributed by atoms with Crippen LogP contribution in [0, 0.1) is 0 Å². The van der Waals surface area contributed by atoms with Crippen molar-refractivity contribution < 1.29 is 14.3 Å². The first kappa shape index (κ1) is 16.1. The van der Waals surface area contributed by atoms with E-state index in [4.69, 9.17) is 16.3 Å². The van der Waals surface area contributed by atoms with Gasteiger partial charge in [0, 0.05) is 19.4 Å². The Bertz CT molecular complexity index is 533. The van der Waals surface area contributed by atoms with Crippen molar-refractivity contribution in [2.24, 2.45) is 0 Å². The molecule has 0 bridgehead atoms. The van der Waals surface area contributed by atoms with E-state index in [1.165, 1.54) is 0 Å². The molecule has 1 aromatic rings. The Morgan fingerprint density at radius 3 is 2.76 bits per heavy atom. The molecule has 0 spiro atoms. The van der Waals surface area contributed by atoms with Gasteiger partial charge in [0.25, 0.3) is 0 Å². The van der Waals surface area contributed by atoms with Crippen LogP contribution in [0.5, 0.6) is 0 Å². The van der Waals surface area contributed by atoms with Crippen molar-refractivity contribution in [2.75, 3.05) is 30.5 Å². The first-order chi connectivity index (χ1) is 10.1. The van der Waals surface area contributed by atoms with Crippen LogP contribution in [0.15, 0.2) is 24.3 Å². The van der Waals surface area contributed by atoms with Crippen LogP contribution in [0.25, 0.3) is 0 Å². The second-order valence-electron chi connectivity index (χ2n) is 4.81. The molecule has 0 aromatic heterocycles. The fraction of sp³-hybridized carbons (Fsp3) is 0.429. The van der Waals surface area contributed by atoms with Gasteiger partial charge in [0.15, 0.2) is 0 Å². The number of anilines is 1. The van der Waals surface area contributed by atoms with E-state index in [1.54, 1.807) is 43.1 Å². The third kappa shape index (κ3) is 4.12. The van der Waals surface area contributed by atoms with Crippen molar-refractivity contribution in [2.45, 2.75) is 12.0 Å². The van der Waals surface area contributed by atoms with Gasteiger partial charge >= 0.3 is 11.8 Å². The summed E-state index contributed by atoms with van der Waals surface area (Å²) in [6, 6.07) is 6.76. The van der Waals surface area contributed by atoms with Crippen LogP contribution < -0.4 is 10.6 Å². The molecule has 1 saturated heterocycles. The fourth-order valence-corrected chi connectivity index (χ4v) is 3.60. The fourth-order valence-electron chi connectivity index (χ4n) is 2.02. The summed E-state index contributed by atoms with van der Waals surface area (Å²) in [6.07, 6.45) is 0.862. The second kappa shape index (κ2) is 7.15. The molecule has 5 nitrogen and oxygen atoms in total. The highest BCUT2D eigenvalue weighted by Crippen LogP contribution is 2.30. The summed E-state index contributed by atoms with van der Waals surface area (Å²) in [5.74, 6) is 0.383. The van der Waals surface area contributed by atoms with Gasteiger partial charge in [-0.3, -0.25) is 9.59 Å². The first-order valence-corrected chi connectivity index (χ1v) is 8.06. The van der Waals surface area contributed by atoms with Crippen LogP contribution in [0.4, 0.5) is 5.69 Å². The SMILES string of the molecule is CO[C@]1(CNC(=O)C(=O)Nc2ccccc2Cl)CCSC1. The van der Waals surface area contributed by atoms with Crippen LogP contribution >= 0.6 is 23.4 Å². The summed E-state index contributed by atoms with van der Waals surface area (Å²) in [4.78, 5) is 23.7. The summed E-state index contributed by atoms with van der Waals surface area (Å²) in [5.41, 5.74) is 0.0440. The van der Waals surface area contributed by atoms with Gasteiger partial charge in [0.05, 0.1) is 16.3 Å². The van der Waals surface area contributed by atoms with Crippen molar-refractivity contribution >= 4 is 40.9 Å². The van der Waals surface area contributed by atoms with Gasteiger partial charge in [-0.05, 0) is 24.3 Å². The summed E-state index contributed by atoms with van der Waals surface area (Å²) in [7, 11) is 1.63. The van der Waals surface area contributed by atoms with Crippen LogP contribution in [-0.2, 0) is 14.3 Å². The first-order valence-electron chi connectivity index (χ1n) is 6.53. The molecule has 1 aliphatic rings. The third-order valence-electron chi connectivity index (χ3n) is 3.40. The smallest absolute Gasteiger partial charge is 0.313 e. The zero-order valence-electron chi connectivity index (χ0n) is 11.6. The summed E-state index contributed by atoms with van der Waals surface area (Å²) in [5, 5.41) is 5.50. The van der Waals surface area contributed by atoms with Gasteiger partial charge in [-0.15, -0.1) is 0 Å². The van der Waals surface area contributed by atoms with Gasteiger partial charge in [-0.25, -0.2) is 0 Å². The van der Waals surface area contributed by atoms with Gasteiger partial charge in [0.2, 0.25) is 0 Å². The molecule has 2 amide bonds. The number of thioether (sulfide) groups is 1. The molecule has 2 rings (SSSR count). The second-order valence-corrected chi connectivity index (χ2v) is 6.32. The maximum absolute atomic E-state index is 11.8. The number of hydrogen-bond acceptors (Lipinski definition) is 4. The lowest BCUT2D eigenvalue weighted by Crippen LogP contribution is -2.47. The normalized spacial score (nSPS) is 21.0. The van der Waals surface area contributed by atoms with E-state index in [0.717, 1.165) is 17.9 Å². The summed E-state index contributed by atoms with van der Waals surface area (Å²) < 4.78 is 5.48. The van der Waals surface area contributed by atoms with Gasteiger partial charge in [-0.1, -0.05) is 23.7 Å². The Morgan fingerprint density at radius 1 is 1.38 bits per heavy atom. The van der Waals surface area contributed by atoms with Gasteiger partial charge < -0.3 is 15.4 Å². The van der Waals surface area contributed by atoms with Crippen molar-refractivity contribution in [3.05, 3.63) is 29.3 Å². The van der Waals surface area contributed by atoms with Crippen molar-refractivity contribution in [3.63, 3.8) is 0 Å². The Hall–Kier alpha value is -1.24. The predicted molar refractivity (Wildman–Crippen MR) is 84.8 cm³/mol. The minimum atomic E-state index is -0.736. The molecule has 7 heteroatoms. The summed E-state index contributed by atoms with van der Waals surface area (Å²) >= 11 is 7.71. The number of hydrogen-bond donors (Lipinski definition) is 2. The number of halogens is 1. The highest BCUT2D eigenvalue weighted by atomic mass is 35.5. The minimum absolute atomic E-state index is 0.325. The summed E-state index contributed by atoms with van der Waals surface area (Å²) in [6.45, 7) is 0.325. The molecule has 0 unspecified atom stereocenters. The number of carbonyl (C=O) groups excluding carboxylic acids is 2. The van der Waals surface area contributed by atoms with Crippen LogP contribution in [0.2, 0.25) is 5.02 Å². The molecule has 114 valence electrons. The van der Waals surface area contributed by atoms with Gasteiger partial charge in [0.1, 0.15) is 0 Å². The molecule has 1 atom stereocenters. The zero-order chi connectivity index (χ0) is 15.3. The van der Waals surface area contributed by atoms with Crippen LogP contribution in [-0.4, -0.2) is 42.6 Å². The number of methoxy groups -OCH3 is 1. The lowest BCUT2D eigenvalue weighted by atomic mass is 10.0. The predicted octanol–water partition coefficient (Wildman–Crippen LogP) is 1.92. The number of amides is 2. The van der Waals surface area contributed by atoms with E-state index >= 15 is 0 Å². The monoisotopic (exact) mass is 328 g/mol. The van der Waals surface area contributed by atoms with Crippen LogP contribution in [0.3, 0.4) is 0 Å². The number of benzene rings is 1. The molecule has 21 heavy (non-hydrogen) atoms. The largest absolute Gasteiger partial charge is 0.376 e. The molecule has 0 radical (unpaired) electrons. The lowest BCUT2D eigenvalue weighted by molar-refractivity contribution is -0.136. The zero-order valence-corrected chi connectivity index (χ0v) is 13.2. The van der Waals surface area contributed by atoms with E-state index in [9.17, 15) is 9.59 Å². The molecule has 1 aliphatic heterocycles. The minimum Gasteiger partial charge on any atom is -0.376 e. The number of nitrogens with one attached hydrogen (secondary N) is 2. The Balaban J connectivity index is 1.88. The highest BCUT2D eigenvalue weighted by molar-refractivity contribution is 7.99. The molecule has 1 heterocycles. The molecule has 2 N–H and O–H groups in total. The average molecular weight is 329 g/mol. The molecule has 0 aliphatic carbocycles. The topological polar surface area (TPSA) is 67.4 Å².